The molecule has 0 amide bonds. The predicted molar refractivity (Wildman–Crippen MR) is 97.9 cm³/mol. The third-order valence-electron chi connectivity index (χ3n) is 4.61. The van der Waals surface area contributed by atoms with Crippen molar-refractivity contribution in [3.05, 3.63) is 41.6 Å². The van der Waals surface area contributed by atoms with E-state index in [0.717, 1.165) is 55.5 Å². The molecule has 1 saturated heterocycles. The van der Waals surface area contributed by atoms with Crippen LogP contribution in [0.25, 0.3) is 11.4 Å². The van der Waals surface area contributed by atoms with Crippen molar-refractivity contribution in [3.8, 4) is 11.4 Å². The first-order chi connectivity index (χ1) is 12.1. The van der Waals surface area contributed by atoms with Crippen molar-refractivity contribution in [2.75, 3.05) is 37.6 Å². The molecule has 0 saturated carbocycles. The zero-order valence-electron chi connectivity index (χ0n) is 14.8. The number of aliphatic carboxylic acids is 1. The Morgan fingerprint density at radius 3 is 2.40 bits per heavy atom. The van der Waals surface area contributed by atoms with Crippen molar-refractivity contribution in [2.45, 2.75) is 20.3 Å². The normalized spacial score (nSPS) is 15.4. The summed E-state index contributed by atoms with van der Waals surface area (Å²) < 4.78 is 0. The van der Waals surface area contributed by atoms with Crippen LogP contribution in [0.15, 0.2) is 30.3 Å². The van der Waals surface area contributed by atoms with Gasteiger partial charge < -0.3 is 10.0 Å². The third-order valence-corrected chi connectivity index (χ3v) is 4.61. The number of carboxylic acids is 1. The first kappa shape index (κ1) is 17.4. The smallest absolute Gasteiger partial charge is 0.317 e. The SMILES string of the molecule is CCc1c(C)nc(-c2ccccc2)nc1N1CCN(CC(=O)O)CC1. The molecule has 132 valence electrons. The van der Waals surface area contributed by atoms with Crippen molar-refractivity contribution in [3.63, 3.8) is 0 Å². The molecule has 1 aliphatic heterocycles. The number of anilines is 1. The van der Waals surface area contributed by atoms with Gasteiger partial charge in [0.15, 0.2) is 5.82 Å². The van der Waals surface area contributed by atoms with Gasteiger partial charge in [-0.2, -0.15) is 0 Å². The topological polar surface area (TPSA) is 69.6 Å². The molecule has 0 unspecified atom stereocenters. The van der Waals surface area contributed by atoms with Gasteiger partial charge in [0.2, 0.25) is 0 Å². The summed E-state index contributed by atoms with van der Waals surface area (Å²) in [6.45, 7) is 7.30. The standard InChI is InChI=1S/C19H24N4O2/c1-3-16-14(2)20-18(15-7-5-4-6-8-15)21-19(16)23-11-9-22(10-12-23)13-17(24)25/h4-8H,3,9-13H2,1-2H3,(H,24,25). The molecule has 2 heterocycles. The molecule has 1 aromatic heterocycles. The molecule has 1 N–H and O–H groups in total. The maximum Gasteiger partial charge on any atom is 0.317 e. The Balaban J connectivity index is 1.87. The minimum absolute atomic E-state index is 0.104. The molecule has 0 aliphatic carbocycles. The Kier molecular flexibility index (Phi) is 5.28. The van der Waals surface area contributed by atoms with E-state index in [1.807, 2.05) is 42.2 Å². The highest BCUT2D eigenvalue weighted by molar-refractivity contribution is 5.69. The number of aryl methyl sites for hydroxylation is 1. The molecule has 3 rings (SSSR count). The van der Waals surface area contributed by atoms with Gasteiger partial charge in [-0.25, -0.2) is 9.97 Å². The second kappa shape index (κ2) is 7.61. The molecule has 0 radical (unpaired) electrons. The molecule has 6 nitrogen and oxygen atoms in total. The van der Waals surface area contributed by atoms with Crippen LogP contribution in [0.4, 0.5) is 5.82 Å². The highest BCUT2D eigenvalue weighted by Crippen LogP contribution is 2.26. The van der Waals surface area contributed by atoms with Crippen LogP contribution >= 0.6 is 0 Å². The van der Waals surface area contributed by atoms with Gasteiger partial charge in [-0.15, -0.1) is 0 Å². The zero-order chi connectivity index (χ0) is 17.8. The van der Waals surface area contributed by atoms with Crippen LogP contribution < -0.4 is 4.90 Å². The van der Waals surface area contributed by atoms with Crippen LogP contribution in [-0.4, -0.2) is 58.7 Å². The van der Waals surface area contributed by atoms with E-state index in [-0.39, 0.29) is 6.54 Å². The van der Waals surface area contributed by atoms with Crippen LogP contribution in [0, 0.1) is 6.92 Å². The zero-order valence-corrected chi connectivity index (χ0v) is 14.8. The Labute approximate surface area is 148 Å². The minimum Gasteiger partial charge on any atom is -0.480 e. The lowest BCUT2D eigenvalue weighted by atomic mass is 10.1. The number of aromatic nitrogens is 2. The average Bonchev–Trinajstić information content (AvgIpc) is 2.62. The summed E-state index contributed by atoms with van der Waals surface area (Å²) in [4.78, 5) is 24.7. The summed E-state index contributed by atoms with van der Waals surface area (Å²) in [5.74, 6) is 0.967. The van der Waals surface area contributed by atoms with Gasteiger partial charge in [0.1, 0.15) is 5.82 Å². The number of carboxylic acid groups (broad SMARTS) is 1. The van der Waals surface area contributed by atoms with E-state index in [4.69, 9.17) is 15.1 Å². The van der Waals surface area contributed by atoms with Gasteiger partial charge in [0, 0.05) is 43.0 Å². The van der Waals surface area contributed by atoms with E-state index in [1.54, 1.807) is 0 Å². The number of benzene rings is 1. The Morgan fingerprint density at radius 2 is 1.80 bits per heavy atom. The van der Waals surface area contributed by atoms with Crippen molar-refractivity contribution in [2.24, 2.45) is 0 Å². The van der Waals surface area contributed by atoms with E-state index < -0.39 is 5.97 Å². The molecule has 2 aromatic rings. The number of rotatable bonds is 5. The van der Waals surface area contributed by atoms with Gasteiger partial charge in [-0.3, -0.25) is 9.69 Å². The lowest BCUT2D eigenvalue weighted by Gasteiger charge is -2.35. The predicted octanol–water partition coefficient (Wildman–Crippen LogP) is 2.22. The molecule has 1 fully saturated rings. The van der Waals surface area contributed by atoms with Crippen LogP contribution in [0.2, 0.25) is 0 Å². The van der Waals surface area contributed by atoms with Crippen LogP contribution in [0.5, 0.6) is 0 Å². The Bertz CT molecular complexity index is 741. The lowest BCUT2D eigenvalue weighted by Crippen LogP contribution is -2.48. The van der Waals surface area contributed by atoms with Gasteiger partial charge >= 0.3 is 5.97 Å². The van der Waals surface area contributed by atoms with Crippen molar-refractivity contribution < 1.29 is 9.90 Å². The summed E-state index contributed by atoms with van der Waals surface area (Å²) in [6.07, 6.45) is 0.881. The van der Waals surface area contributed by atoms with E-state index in [9.17, 15) is 4.79 Å². The monoisotopic (exact) mass is 340 g/mol. The molecule has 1 aliphatic rings. The number of piperazine rings is 1. The van der Waals surface area contributed by atoms with Gasteiger partial charge in [-0.05, 0) is 13.3 Å². The molecule has 0 atom stereocenters. The van der Waals surface area contributed by atoms with Crippen molar-refractivity contribution in [1.29, 1.82) is 0 Å². The fourth-order valence-electron chi connectivity index (χ4n) is 3.28. The highest BCUT2D eigenvalue weighted by Gasteiger charge is 2.23. The molecule has 1 aromatic carbocycles. The number of hydrogen-bond acceptors (Lipinski definition) is 5. The van der Waals surface area contributed by atoms with Crippen molar-refractivity contribution in [1.82, 2.24) is 14.9 Å². The van der Waals surface area contributed by atoms with Crippen molar-refractivity contribution >= 4 is 11.8 Å². The number of nitrogens with zero attached hydrogens (tertiary/aromatic N) is 4. The third kappa shape index (κ3) is 3.96. The number of hydrogen-bond donors (Lipinski definition) is 1. The fourth-order valence-corrected chi connectivity index (χ4v) is 3.28. The maximum absolute atomic E-state index is 10.9. The van der Waals surface area contributed by atoms with E-state index in [1.165, 1.54) is 5.56 Å². The fraction of sp³-hybridized carbons (Fsp3) is 0.421. The Hall–Kier alpha value is -2.47. The van der Waals surface area contributed by atoms with Gasteiger partial charge in [0.05, 0.1) is 6.54 Å². The van der Waals surface area contributed by atoms with E-state index >= 15 is 0 Å². The first-order valence-electron chi connectivity index (χ1n) is 8.70. The molecular formula is C19H24N4O2. The molecule has 0 spiro atoms. The summed E-state index contributed by atoms with van der Waals surface area (Å²) in [7, 11) is 0. The summed E-state index contributed by atoms with van der Waals surface area (Å²) in [5, 5.41) is 8.95. The van der Waals surface area contributed by atoms with E-state index in [0.29, 0.717) is 0 Å². The maximum atomic E-state index is 10.9. The second-order valence-corrected chi connectivity index (χ2v) is 6.31. The Morgan fingerprint density at radius 1 is 1.12 bits per heavy atom. The summed E-state index contributed by atoms with van der Waals surface area (Å²) >= 11 is 0. The molecule has 0 bridgehead atoms. The first-order valence-corrected chi connectivity index (χ1v) is 8.70. The van der Waals surface area contributed by atoms with E-state index in [2.05, 4.69) is 11.8 Å². The van der Waals surface area contributed by atoms with Gasteiger partial charge in [-0.1, -0.05) is 37.3 Å². The summed E-state index contributed by atoms with van der Waals surface area (Å²) in [5.41, 5.74) is 3.20. The second-order valence-electron chi connectivity index (χ2n) is 6.31. The van der Waals surface area contributed by atoms with Crippen LogP contribution in [0.3, 0.4) is 0 Å². The molecular weight excluding hydrogens is 316 g/mol. The summed E-state index contributed by atoms with van der Waals surface area (Å²) in [6, 6.07) is 10.0. The van der Waals surface area contributed by atoms with Crippen LogP contribution in [0.1, 0.15) is 18.2 Å². The lowest BCUT2D eigenvalue weighted by molar-refractivity contribution is -0.138. The highest BCUT2D eigenvalue weighted by atomic mass is 16.4. The minimum atomic E-state index is -0.771. The number of carbonyl (C=O) groups is 1. The van der Waals surface area contributed by atoms with Crippen LogP contribution in [-0.2, 0) is 11.2 Å². The molecule has 25 heavy (non-hydrogen) atoms. The average molecular weight is 340 g/mol. The molecule has 6 heteroatoms. The quantitative estimate of drug-likeness (QED) is 0.900. The van der Waals surface area contributed by atoms with Gasteiger partial charge in [0.25, 0.3) is 0 Å². The largest absolute Gasteiger partial charge is 0.480 e.